The highest BCUT2D eigenvalue weighted by atomic mass is 16.7. The van der Waals surface area contributed by atoms with Crippen LogP contribution in [0.2, 0.25) is 0 Å². The fourth-order valence-corrected chi connectivity index (χ4v) is 3.12. The molecule has 0 N–H and O–H groups in total. The Morgan fingerprint density at radius 2 is 1.13 bits per heavy atom. The predicted molar refractivity (Wildman–Crippen MR) is 106 cm³/mol. The molecule has 2 aliphatic heterocycles. The fourth-order valence-electron chi connectivity index (χ4n) is 3.12. The molecule has 1 aromatic rings. The van der Waals surface area contributed by atoms with Crippen LogP contribution in [0.1, 0.15) is 48.4 Å². The molecule has 0 unspecified atom stereocenters. The molecule has 0 bridgehead atoms. The topological polar surface area (TPSA) is 89.5 Å². The standard InChI is InChI=1S/C22H30O8/c1-13(2)21-25-9-17(10-26-21)29-19(23)15-6-5-7-16(8-15)20(24)30-18-11-27-22(14(3)4)28-12-18/h5-8,13-14,17-18,21-22H,9-12H2,1-4H3. The van der Waals surface area contributed by atoms with E-state index in [-0.39, 0.29) is 62.0 Å². The van der Waals surface area contributed by atoms with Crippen molar-refractivity contribution in [2.45, 2.75) is 52.5 Å². The highest BCUT2D eigenvalue weighted by Gasteiger charge is 2.29. The van der Waals surface area contributed by atoms with Gasteiger partial charge in [-0.2, -0.15) is 0 Å². The van der Waals surface area contributed by atoms with E-state index in [1.807, 2.05) is 27.7 Å². The summed E-state index contributed by atoms with van der Waals surface area (Å²) in [4.78, 5) is 24.9. The minimum absolute atomic E-state index is 0.223. The van der Waals surface area contributed by atoms with Crippen molar-refractivity contribution in [3.63, 3.8) is 0 Å². The molecule has 8 heteroatoms. The third kappa shape index (κ3) is 6.01. The molecule has 0 aliphatic carbocycles. The molecule has 30 heavy (non-hydrogen) atoms. The molecule has 1 aromatic carbocycles. The first-order valence-corrected chi connectivity index (χ1v) is 10.3. The Morgan fingerprint density at radius 3 is 1.47 bits per heavy atom. The summed E-state index contributed by atoms with van der Waals surface area (Å²) in [6, 6.07) is 6.23. The van der Waals surface area contributed by atoms with Gasteiger partial charge in [0.1, 0.15) is 12.2 Å². The lowest BCUT2D eigenvalue weighted by Crippen LogP contribution is -2.40. The Labute approximate surface area is 176 Å². The minimum Gasteiger partial charge on any atom is -0.454 e. The smallest absolute Gasteiger partial charge is 0.338 e. The Morgan fingerprint density at radius 1 is 0.767 bits per heavy atom. The third-order valence-corrected chi connectivity index (χ3v) is 4.76. The highest BCUT2D eigenvalue weighted by molar-refractivity contribution is 5.95. The summed E-state index contributed by atoms with van der Waals surface area (Å²) in [6.45, 7) is 9.08. The van der Waals surface area contributed by atoms with Gasteiger partial charge in [-0.05, 0) is 18.2 Å². The van der Waals surface area contributed by atoms with Gasteiger partial charge in [0.25, 0.3) is 0 Å². The number of hydrogen-bond acceptors (Lipinski definition) is 8. The SMILES string of the molecule is CC(C)C1OCC(OC(=O)c2cccc(C(=O)OC3COC(C(C)C)OC3)c2)CO1. The molecule has 0 atom stereocenters. The van der Waals surface area contributed by atoms with E-state index < -0.39 is 24.1 Å². The van der Waals surface area contributed by atoms with Crippen molar-refractivity contribution in [1.82, 2.24) is 0 Å². The van der Waals surface area contributed by atoms with Crippen molar-refractivity contribution in [3.8, 4) is 0 Å². The van der Waals surface area contributed by atoms with Gasteiger partial charge < -0.3 is 28.4 Å². The van der Waals surface area contributed by atoms with Gasteiger partial charge in [0, 0.05) is 11.8 Å². The van der Waals surface area contributed by atoms with Gasteiger partial charge >= 0.3 is 11.9 Å². The number of benzene rings is 1. The lowest BCUT2D eigenvalue weighted by Gasteiger charge is -2.31. The summed E-state index contributed by atoms with van der Waals surface area (Å²) in [5.74, 6) is -0.649. The largest absolute Gasteiger partial charge is 0.454 e. The van der Waals surface area contributed by atoms with Gasteiger partial charge in [0.05, 0.1) is 37.6 Å². The van der Waals surface area contributed by atoms with Gasteiger partial charge in [-0.25, -0.2) is 9.59 Å². The number of carbonyl (C=O) groups is 2. The van der Waals surface area contributed by atoms with Crippen LogP contribution >= 0.6 is 0 Å². The Balaban J connectivity index is 1.51. The van der Waals surface area contributed by atoms with Crippen LogP contribution in [0.25, 0.3) is 0 Å². The number of ether oxygens (including phenoxy) is 6. The van der Waals surface area contributed by atoms with Crippen molar-refractivity contribution < 1.29 is 38.0 Å². The van der Waals surface area contributed by atoms with E-state index in [2.05, 4.69) is 0 Å². The van der Waals surface area contributed by atoms with E-state index in [9.17, 15) is 9.59 Å². The van der Waals surface area contributed by atoms with Crippen LogP contribution in [0.4, 0.5) is 0 Å². The molecule has 2 fully saturated rings. The first kappa shape index (κ1) is 22.7. The quantitative estimate of drug-likeness (QED) is 0.647. The molecule has 0 saturated carbocycles. The van der Waals surface area contributed by atoms with Crippen molar-refractivity contribution >= 4 is 11.9 Å². The van der Waals surface area contributed by atoms with Crippen LogP contribution in [-0.2, 0) is 28.4 Å². The normalized spacial score (nSPS) is 27.1. The maximum absolute atomic E-state index is 12.5. The van der Waals surface area contributed by atoms with Gasteiger partial charge in [-0.15, -0.1) is 0 Å². The number of esters is 2. The van der Waals surface area contributed by atoms with E-state index in [0.717, 1.165) is 0 Å². The van der Waals surface area contributed by atoms with Gasteiger partial charge in [0.2, 0.25) is 0 Å². The second-order valence-corrected chi connectivity index (χ2v) is 8.19. The molecule has 166 valence electrons. The summed E-state index contributed by atoms with van der Waals surface area (Å²) in [5, 5.41) is 0. The zero-order valence-corrected chi connectivity index (χ0v) is 17.9. The van der Waals surface area contributed by atoms with Crippen LogP contribution in [0.15, 0.2) is 24.3 Å². The molecule has 0 amide bonds. The van der Waals surface area contributed by atoms with Crippen molar-refractivity contribution in [1.29, 1.82) is 0 Å². The van der Waals surface area contributed by atoms with E-state index in [0.29, 0.717) is 0 Å². The van der Waals surface area contributed by atoms with Crippen molar-refractivity contribution in [3.05, 3.63) is 35.4 Å². The van der Waals surface area contributed by atoms with Crippen LogP contribution in [0.5, 0.6) is 0 Å². The van der Waals surface area contributed by atoms with Crippen LogP contribution in [0.3, 0.4) is 0 Å². The number of hydrogen-bond donors (Lipinski definition) is 0. The molecular weight excluding hydrogens is 392 g/mol. The summed E-state index contributed by atoms with van der Waals surface area (Å²) >= 11 is 0. The summed E-state index contributed by atoms with van der Waals surface area (Å²) in [6.07, 6.45) is -1.56. The molecule has 0 aromatic heterocycles. The molecule has 2 heterocycles. The number of carbonyl (C=O) groups excluding carboxylic acids is 2. The zero-order valence-electron chi connectivity index (χ0n) is 17.9. The fraction of sp³-hybridized carbons (Fsp3) is 0.636. The van der Waals surface area contributed by atoms with E-state index in [4.69, 9.17) is 28.4 Å². The predicted octanol–water partition coefficient (Wildman–Crippen LogP) is 2.80. The maximum Gasteiger partial charge on any atom is 0.338 e. The van der Waals surface area contributed by atoms with Gasteiger partial charge in [-0.1, -0.05) is 33.8 Å². The summed E-state index contributed by atoms with van der Waals surface area (Å²) in [7, 11) is 0. The Hall–Kier alpha value is -2.00. The average molecular weight is 422 g/mol. The second-order valence-electron chi connectivity index (χ2n) is 8.19. The number of rotatable bonds is 6. The van der Waals surface area contributed by atoms with Crippen LogP contribution in [0, 0.1) is 11.8 Å². The average Bonchev–Trinajstić information content (AvgIpc) is 2.74. The minimum atomic E-state index is -0.547. The van der Waals surface area contributed by atoms with Crippen LogP contribution in [-0.4, -0.2) is 63.2 Å². The van der Waals surface area contributed by atoms with Crippen LogP contribution < -0.4 is 0 Å². The summed E-state index contributed by atoms with van der Waals surface area (Å²) in [5.41, 5.74) is 0.512. The van der Waals surface area contributed by atoms with E-state index >= 15 is 0 Å². The first-order chi connectivity index (χ1) is 14.3. The molecular formula is C22H30O8. The molecule has 2 aliphatic rings. The molecule has 2 saturated heterocycles. The molecule has 0 spiro atoms. The molecule has 3 rings (SSSR count). The van der Waals surface area contributed by atoms with E-state index in [1.54, 1.807) is 18.2 Å². The van der Waals surface area contributed by atoms with E-state index in [1.165, 1.54) is 6.07 Å². The summed E-state index contributed by atoms with van der Waals surface area (Å²) < 4.78 is 33.1. The molecule has 8 nitrogen and oxygen atoms in total. The maximum atomic E-state index is 12.5. The van der Waals surface area contributed by atoms with Crippen molar-refractivity contribution in [2.24, 2.45) is 11.8 Å². The third-order valence-electron chi connectivity index (χ3n) is 4.76. The monoisotopic (exact) mass is 422 g/mol. The second kappa shape index (κ2) is 10.3. The van der Waals surface area contributed by atoms with Gasteiger partial charge in [-0.3, -0.25) is 0 Å². The Kier molecular flexibility index (Phi) is 7.82. The van der Waals surface area contributed by atoms with Gasteiger partial charge in [0.15, 0.2) is 12.6 Å². The lowest BCUT2D eigenvalue weighted by molar-refractivity contribution is -0.232. The zero-order chi connectivity index (χ0) is 21.7. The highest BCUT2D eigenvalue weighted by Crippen LogP contribution is 2.19. The first-order valence-electron chi connectivity index (χ1n) is 10.3. The Bertz CT molecular complexity index is 658. The van der Waals surface area contributed by atoms with Crippen molar-refractivity contribution in [2.75, 3.05) is 26.4 Å². The molecule has 0 radical (unpaired) electrons. The lowest BCUT2D eigenvalue weighted by atomic mass is 10.1.